The van der Waals surface area contributed by atoms with E-state index < -0.39 is 47.9 Å². The fourth-order valence-electron chi connectivity index (χ4n) is 5.04. The molecule has 1 aromatic heterocycles. The van der Waals surface area contributed by atoms with E-state index in [0.29, 0.717) is 17.5 Å². The number of nitrogens with zero attached hydrogens (tertiary/aromatic N) is 2. The summed E-state index contributed by atoms with van der Waals surface area (Å²) in [6, 6.07) is 8.59. The van der Waals surface area contributed by atoms with Crippen LogP contribution >= 0.6 is 0 Å². The summed E-state index contributed by atoms with van der Waals surface area (Å²) in [5, 5.41) is 28.5. The Hall–Kier alpha value is -5.84. The van der Waals surface area contributed by atoms with Crippen LogP contribution in [0.15, 0.2) is 64.7 Å². The van der Waals surface area contributed by atoms with Crippen molar-refractivity contribution in [2.45, 2.75) is 62.7 Å². The van der Waals surface area contributed by atoms with Crippen LogP contribution in [0.1, 0.15) is 36.8 Å². The Morgan fingerprint density at radius 3 is 1.94 bits per heavy atom. The minimum Gasteiger partial charge on any atom is -0.508 e. The van der Waals surface area contributed by atoms with Crippen LogP contribution in [0.5, 0.6) is 5.75 Å². The molecule has 3 rings (SSSR count). The summed E-state index contributed by atoms with van der Waals surface area (Å²) < 4.78 is 0. The van der Waals surface area contributed by atoms with Gasteiger partial charge in [-0.05, 0) is 55.0 Å². The average molecular weight is 680 g/mol. The Balaban J connectivity index is 1.81. The van der Waals surface area contributed by atoms with Crippen LogP contribution in [0.25, 0.3) is 10.9 Å². The number of phenolic OH excluding ortho intramolecular Hbond substituents is 1. The maximum Gasteiger partial charge on any atom is 0.326 e. The maximum absolute atomic E-state index is 13.7. The first-order chi connectivity index (χ1) is 23.3. The number of para-hydroxylation sites is 1. The van der Waals surface area contributed by atoms with Gasteiger partial charge in [-0.1, -0.05) is 30.3 Å². The number of aliphatic carboxylic acids is 1. The van der Waals surface area contributed by atoms with Crippen molar-refractivity contribution in [2.75, 3.05) is 13.1 Å². The number of amides is 3. The number of carboxylic acid groups (broad SMARTS) is 1. The second-order valence-electron chi connectivity index (χ2n) is 11.5. The lowest BCUT2D eigenvalue weighted by atomic mass is 10.0. The molecule has 4 atom stereocenters. The minimum absolute atomic E-state index is 0.00311. The van der Waals surface area contributed by atoms with E-state index in [9.17, 15) is 29.4 Å². The predicted molar refractivity (Wildman–Crippen MR) is 185 cm³/mol. The number of phenols is 1. The lowest BCUT2D eigenvalue weighted by Crippen LogP contribution is -2.57. The van der Waals surface area contributed by atoms with Crippen LogP contribution in [0, 0.1) is 0 Å². The summed E-state index contributed by atoms with van der Waals surface area (Å²) in [4.78, 5) is 63.6. The van der Waals surface area contributed by atoms with Crippen LogP contribution in [-0.4, -0.2) is 88.1 Å². The van der Waals surface area contributed by atoms with Gasteiger partial charge in [0.25, 0.3) is 0 Å². The van der Waals surface area contributed by atoms with Crippen molar-refractivity contribution in [3.8, 4) is 5.75 Å². The molecule has 0 radical (unpaired) electrons. The Morgan fingerprint density at radius 2 is 1.31 bits per heavy atom. The van der Waals surface area contributed by atoms with Gasteiger partial charge < -0.3 is 59.8 Å². The van der Waals surface area contributed by atoms with Gasteiger partial charge in [-0.3, -0.25) is 24.4 Å². The summed E-state index contributed by atoms with van der Waals surface area (Å²) >= 11 is 0. The molecule has 17 heteroatoms. The average Bonchev–Trinajstić information content (AvgIpc) is 3.46. The van der Waals surface area contributed by atoms with Gasteiger partial charge in [-0.15, -0.1) is 0 Å². The highest BCUT2D eigenvalue weighted by Crippen LogP contribution is 2.19. The van der Waals surface area contributed by atoms with Gasteiger partial charge >= 0.3 is 5.97 Å². The molecule has 2 aromatic carbocycles. The number of rotatable bonds is 19. The zero-order chi connectivity index (χ0) is 35.9. The molecule has 3 aromatic rings. The standard InChI is InChI=1S/C32H45N11O6/c33-22(6-3-13-38-31(34)35)27(45)41-24(8-4-14-39-32(36)37)28(46)42-25(15-18-9-11-20(44)12-10-18)29(47)43-26(30(48)49)16-19-17-40-23-7-2-1-5-21(19)23/h1-2,5,7,9-12,17,22,24-26,40,44H,3-4,6,8,13-16,33H2,(H,41,45)(H,42,46)(H,43,47)(H,48,49)(H4,34,35,38)(H4,36,37,39). The van der Waals surface area contributed by atoms with Crippen molar-refractivity contribution in [3.63, 3.8) is 0 Å². The number of aromatic hydroxyl groups is 1. The maximum atomic E-state index is 13.7. The van der Waals surface area contributed by atoms with Gasteiger partial charge in [-0.25, -0.2) is 4.79 Å². The lowest BCUT2D eigenvalue weighted by Gasteiger charge is -2.25. The van der Waals surface area contributed by atoms with Gasteiger partial charge in [0, 0.05) is 43.0 Å². The van der Waals surface area contributed by atoms with Crippen molar-refractivity contribution in [3.05, 3.63) is 65.9 Å². The molecule has 1 heterocycles. The number of nitrogens with two attached hydrogens (primary N) is 5. The monoisotopic (exact) mass is 679 g/mol. The lowest BCUT2D eigenvalue weighted by molar-refractivity contribution is -0.142. The number of carbonyl (C=O) groups excluding carboxylic acids is 3. The zero-order valence-electron chi connectivity index (χ0n) is 27.0. The third-order valence-corrected chi connectivity index (χ3v) is 7.61. The summed E-state index contributed by atoms with van der Waals surface area (Å²) in [6.45, 7) is 0.426. The first-order valence-electron chi connectivity index (χ1n) is 15.7. The molecule has 0 spiro atoms. The van der Waals surface area contributed by atoms with Crippen molar-refractivity contribution in [1.29, 1.82) is 0 Å². The molecule has 0 saturated carbocycles. The number of aliphatic imine (C=N–C) groups is 2. The second-order valence-corrected chi connectivity index (χ2v) is 11.5. The van der Waals surface area contributed by atoms with Crippen LogP contribution in [-0.2, 0) is 32.0 Å². The van der Waals surface area contributed by atoms with Crippen molar-refractivity contribution >= 4 is 46.5 Å². The number of H-pyrrole nitrogens is 1. The van der Waals surface area contributed by atoms with Crippen molar-refractivity contribution < 1.29 is 29.4 Å². The van der Waals surface area contributed by atoms with E-state index >= 15 is 0 Å². The Labute approximate surface area is 282 Å². The number of nitrogens with one attached hydrogen (secondary N) is 4. The number of hydrogen-bond acceptors (Lipinski definition) is 8. The molecular weight excluding hydrogens is 634 g/mol. The van der Waals surface area contributed by atoms with Gasteiger partial charge in [0.2, 0.25) is 17.7 Å². The van der Waals surface area contributed by atoms with Crippen LogP contribution < -0.4 is 44.6 Å². The van der Waals surface area contributed by atoms with E-state index in [4.69, 9.17) is 28.7 Å². The molecule has 0 saturated heterocycles. The molecule has 0 bridgehead atoms. The first-order valence-corrected chi connectivity index (χ1v) is 15.7. The van der Waals surface area contributed by atoms with Crippen molar-refractivity contribution in [2.24, 2.45) is 38.7 Å². The molecule has 0 aliphatic heterocycles. The molecule has 264 valence electrons. The third kappa shape index (κ3) is 12.4. The molecule has 0 fully saturated rings. The Kier molecular flexibility index (Phi) is 14.2. The third-order valence-electron chi connectivity index (χ3n) is 7.61. The molecule has 49 heavy (non-hydrogen) atoms. The molecule has 0 aliphatic carbocycles. The van der Waals surface area contributed by atoms with E-state index in [1.165, 1.54) is 12.1 Å². The SMILES string of the molecule is NC(N)=NCCCC(N)C(=O)NC(CCCN=C(N)N)C(=O)NC(Cc1ccc(O)cc1)C(=O)NC(Cc1c[nH]c2ccccc12)C(=O)O. The zero-order valence-corrected chi connectivity index (χ0v) is 27.0. The number of aromatic nitrogens is 1. The summed E-state index contributed by atoms with van der Waals surface area (Å²) in [7, 11) is 0. The van der Waals surface area contributed by atoms with E-state index in [0.717, 1.165) is 10.9 Å². The molecule has 17 nitrogen and oxygen atoms in total. The number of fused-ring (bicyclic) bond motifs is 1. The Bertz CT molecular complexity index is 1630. The van der Waals surface area contributed by atoms with Crippen LogP contribution in [0.2, 0.25) is 0 Å². The number of carboxylic acids is 1. The summed E-state index contributed by atoms with van der Waals surface area (Å²) in [5.74, 6) is -3.60. The van der Waals surface area contributed by atoms with E-state index in [-0.39, 0.29) is 62.9 Å². The number of aromatic amines is 1. The summed E-state index contributed by atoms with van der Waals surface area (Å²) in [5.41, 5.74) is 29.6. The van der Waals surface area contributed by atoms with Crippen LogP contribution in [0.4, 0.5) is 0 Å². The highest BCUT2D eigenvalue weighted by molar-refractivity contribution is 5.94. The van der Waals surface area contributed by atoms with Crippen LogP contribution in [0.3, 0.4) is 0 Å². The van der Waals surface area contributed by atoms with Gasteiger partial charge in [0.05, 0.1) is 6.04 Å². The fourth-order valence-corrected chi connectivity index (χ4v) is 5.04. The van der Waals surface area contributed by atoms with E-state index in [2.05, 4.69) is 30.9 Å². The number of hydrogen-bond donors (Lipinski definition) is 11. The first kappa shape index (κ1) is 37.6. The normalized spacial score (nSPS) is 13.3. The largest absolute Gasteiger partial charge is 0.508 e. The smallest absolute Gasteiger partial charge is 0.326 e. The van der Waals surface area contributed by atoms with Gasteiger partial charge in [0.15, 0.2) is 11.9 Å². The van der Waals surface area contributed by atoms with Gasteiger partial charge in [0.1, 0.15) is 23.9 Å². The number of benzene rings is 2. The van der Waals surface area contributed by atoms with Gasteiger partial charge in [-0.2, -0.15) is 0 Å². The highest BCUT2D eigenvalue weighted by Gasteiger charge is 2.31. The molecule has 16 N–H and O–H groups in total. The fraction of sp³-hybridized carbons (Fsp3) is 0.375. The van der Waals surface area contributed by atoms with Crippen molar-refractivity contribution in [1.82, 2.24) is 20.9 Å². The number of carbonyl (C=O) groups is 4. The quantitative estimate of drug-likeness (QED) is 0.0399. The predicted octanol–water partition coefficient (Wildman–Crippen LogP) is -1.37. The Morgan fingerprint density at radius 1 is 0.735 bits per heavy atom. The molecular formula is C32H45N11O6. The van der Waals surface area contributed by atoms with E-state index in [1.807, 2.05) is 24.3 Å². The topological polar surface area (TPSA) is 315 Å². The second kappa shape index (κ2) is 18.5. The number of guanidine groups is 2. The highest BCUT2D eigenvalue weighted by atomic mass is 16.4. The molecule has 3 amide bonds. The minimum atomic E-state index is -1.34. The summed E-state index contributed by atoms with van der Waals surface area (Å²) in [6.07, 6.45) is 2.60. The molecule has 4 unspecified atom stereocenters. The van der Waals surface area contributed by atoms with E-state index in [1.54, 1.807) is 18.3 Å². The molecule has 0 aliphatic rings.